The van der Waals surface area contributed by atoms with Crippen LogP contribution in [0.2, 0.25) is 5.02 Å². The van der Waals surface area contributed by atoms with Crippen molar-refractivity contribution in [3.63, 3.8) is 0 Å². The third kappa shape index (κ3) is 2.30. The summed E-state index contributed by atoms with van der Waals surface area (Å²) in [5, 5.41) is 10.1. The molecule has 2 aromatic heterocycles. The maximum Gasteiger partial charge on any atom is 0.194 e. The smallest absolute Gasteiger partial charge is 0.194 e. The molecule has 19 heavy (non-hydrogen) atoms. The summed E-state index contributed by atoms with van der Waals surface area (Å²) < 4.78 is 0. The number of carbonyl (C=O) groups is 1. The molecule has 6 heteroatoms. The Bertz CT molecular complexity index is 704. The van der Waals surface area contributed by atoms with E-state index in [1.807, 2.05) is 5.38 Å². The number of nitrogens with zero attached hydrogens (tertiary/aromatic N) is 2. The number of aromatic nitrogens is 3. The van der Waals surface area contributed by atoms with Gasteiger partial charge in [0.2, 0.25) is 0 Å². The molecule has 1 aromatic carbocycles. The summed E-state index contributed by atoms with van der Waals surface area (Å²) in [6, 6.07) is 8.63. The van der Waals surface area contributed by atoms with Gasteiger partial charge in [0.1, 0.15) is 6.33 Å². The van der Waals surface area contributed by atoms with Gasteiger partial charge in [0, 0.05) is 16.1 Å². The van der Waals surface area contributed by atoms with Gasteiger partial charge in [-0.25, -0.2) is 0 Å². The highest BCUT2D eigenvalue weighted by atomic mass is 35.5. The van der Waals surface area contributed by atoms with Gasteiger partial charge in [0.05, 0.1) is 4.88 Å². The van der Waals surface area contributed by atoms with Crippen molar-refractivity contribution in [3.05, 3.63) is 58.2 Å². The largest absolute Gasteiger partial charge is 0.327 e. The Balaban J connectivity index is 2.01. The lowest BCUT2D eigenvalue weighted by Gasteiger charge is -2.01. The van der Waals surface area contributed by atoms with Crippen LogP contribution in [0.4, 0.5) is 0 Å². The average Bonchev–Trinajstić information content (AvgIpc) is 3.09. The molecule has 0 aliphatic heterocycles. The molecule has 3 aromatic rings. The topological polar surface area (TPSA) is 58.6 Å². The minimum absolute atomic E-state index is 0.0516. The summed E-state index contributed by atoms with van der Waals surface area (Å²) in [7, 11) is 0. The fraction of sp³-hybridized carbons (Fsp3) is 0. The molecule has 2 heterocycles. The van der Waals surface area contributed by atoms with Crippen molar-refractivity contribution in [2.45, 2.75) is 0 Å². The van der Waals surface area contributed by atoms with E-state index in [0.717, 1.165) is 4.88 Å². The lowest BCUT2D eigenvalue weighted by atomic mass is 10.0. The Kier molecular flexibility index (Phi) is 3.15. The van der Waals surface area contributed by atoms with Gasteiger partial charge < -0.3 is 4.98 Å². The molecule has 0 atom stereocenters. The predicted molar refractivity (Wildman–Crippen MR) is 74.6 cm³/mol. The third-order valence-electron chi connectivity index (χ3n) is 2.65. The number of rotatable bonds is 3. The first kappa shape index (κ1) is 12.1. The third-order valence-corrected chi connectivity index (χ3v) is 3.82. The maximum atomic E-state index is 12.4. The van der Waals surface area contributed by atoms with Crippen molar-refractivity contribution in [1.82, 2.24) is 15.2 Å². The fourth-order valence-electron chi connectivity index (χ4n) is 1.74. The first-order chi connectivity index (χ1) is 9.25. The molecule has 0 saturated heterocycles. The van der Waals surface area contributed by atoms with Crippen molar-refractivity contribution in [2.75, 3.05) is 0 Å². The summed E-state index contributed by atoms with van der Waals surface area (Å²) >= 11 is 7.27. The minimum atomic E-state index is -0.0516. The molecular formula is C13H8ClN3OS. The molecule has 4 nitrogen and oxygen atoms in total. The van der Waals surface area contributed by atoms with Gasteiger partial charge in [-0.1, -0.05) is 11.6 Å². The van der Waals surface area contributed by atoms with Gasteiger partial charge in [-0.05, 0) is 35.7 Å². The second kappa shape index (κ2) is 4.95. The predicted octanol–water partition coefficient (Wildman–Crippen LogP) is 3.42. The van der Waals surface area contributed by atoms with Crippen LogP contribution in [-0.2, 0) is 0 Å². The van der Waals surface area contributed by atoms with Crippen molar-refractivity contribution < 1.29 is 4.79 Å². The summed E-state index contributed by atoms with van der Waals surface area (Å²) in [5.74, 6) is 0.552. The monoisotopic (exact) mass is 289 g/mol. The highest BCUT2D eigenvalue weighted by Crippen LogP contribution is 2.28. The number of nitrogens with one attached hydrogen (secondary N) is 1. The highest BCUT2D eigenvalue weighted by Gasteiger charge is 2.17. The molecule has 0 unspecified atom stereocenters. The van der Waals surface area contributed by atoms with Crippen molar-refractivity contribution in [2.24, 2.45) is 0 Å². The lowest BCUT2D eigenvalue weighted by molar-refractivity contribution is 0.103. The number of ketones is 1. The molecule has 0 amide bonds. The zero-order valence-electron chi connectivity index (χ0n) is 9.63. The van der Waals surface area contributed by atoms with Crippen LogP contribution in [0.3, 0.4) is 0 Å². The van der Waals surface area contributed by atoms with Gasteiger partial charge in [-0.3, -0.25) is 4.79 Å². The Morgan fingerprint density at radius 2 is 2.00 bits per heavy atom. The van der Waals surface area contributed by atoms with Gasteiger partial charge >= 0.3 is 0 Å². The maximum absolute atomic E-state index is 12.4. The van der Waals surface area contributed by atoms with Crippen LogP contribution in [0.25, 0.3) is 10.7 Å². The van der Waals surface area contributed by atoms with Gasteiger partial charge in [-0.15, -0.1) is 21.5 Å². The van der Waals surface area contributed by atoms with Crippen molar-refractivity contribution in [3.8, 4) is 10.7 Å². The highest BCUT2D eigenvalue weighted by molar-refractivity contribution is 7.14. The molecule has 0 aliphatic carbocycles. The molecule has 0 fully saturated rings. The van der Waals surface area contributed by atoms with E-state index < -0.39 is 0 Å². The van der Waals surface area contributed by atoms with Gasteiger partial charge in [0.15, 0.2) is 11.6 Å². The van der Waals surface area contributed by atoms with Crippen molar-refractivity contribution in [1.29, 1.82) is 0 Å². The molecule has 0 aliphatic rings. The summed E-state index contributed by atoms with van der Waals surface area (Å²) in [6.45, 7) is 0. The number of hydrogen-bond donors (Lipinski definition) is 1. The number of carbonyl (C=O) groups excluding carboxylic acids is 1. The molecule has 0 spiro atoms. The molecule has 0 radical (unpaired) electrons. The summed E-state index contributed by atoms with van der Waals surface area (Å²) in [4.78, 5) is 16.1. The number of aromatic amines is 1. The first-order valence-electron chi connectivity index (χ1n) is 5.50. The van der Waals surface area contributed by atoms with Gasteiger partial charge in [-0.2, -0.15) is 0 Å². The number of halogens is 1. The Hall–Kier alpha value is -1.98. The van der Waals surface area contributed by atoms with E-state index >= 15 is 0 Å². The summed E-state index contributed by atoms with van der Waals surface area (Å²) in [6.07, 6.45) is 1.49. The van der Waals surface area contributed by atoms with E-state index in [-0.39, 0.29) is 5.78 Å². The van der Waals surface area contributed by atoms with Crippen LogP contribution in [0.5, 0.6) is 0 Å². The Labute approximate surface area is 118 Å². The zero-order valence-corrected chi connectivity index (χ0v) is 11.2. The number of H-pyrrole nitrogens is 1. The Morgan fingerprint density at radius 1 is 1.21 bits per heavy atom. The van der Waals surface area contributed by atoms with Crippen LogP contribution in [0, 0.1) is 0 Å². The SMILES string of the molecule is O=C(c1ccc(Cl)cc1)c1ccsc1-c1nnc[nH]1. The second-order valence-corrected chi connectivity index (χ2v) is 5.19. The van der Waals surface area contributed by atoms with Crippen LogP contribution < -0.4 is 0 Å². The van der Waals surface area contributed by atoms with E-state index in [0.29, 0.717) is 22.0 Å². The minimum Gasteiger partial charge on any atom is -0.327 e. The second-order valence-electron chi connectivity index (χ2n) is 3.84. The molecule has 0 bridgehead atoms. The quantitative estimate of drug-likeness (QED) is 0.752. The summed E-state index contributed by atoms with van der Waals surface area (Å²) in [5.41, 5.74) is 1.22. The normalized spacial score (nSPS) is 10.6. The Morgan fingerprint density at radius 3 is 2.68 bits per heavy atom. The van der Waals surface area contributed by atoms with Crippen LogP contribution >= 0.6 is 22.9 Å². The molecule has 1 N–H and O–H groups in total. The lowest BCUT2D eigenvalue weighted by Crippen LogP contribution is -2.01. The fourth-order valence-corrected chi connectivity index (χ4v) is 2.71. The zero-order chi connectivity index (χ0) is 13.2. The van der Waals surface area contributed by atoms with E-state index in [4.69, 9.17) is 11.6 Å². The number of benzene rings is 1. The van der Waals surface area contributed by atoms with Crippen LogP contribution in [-0.4, -0.2) is 21.0 Å². The van der Waals surface area contributed by atoms with Crippen LogP contribution in [0.1, 0.15) is 15.9 Å². The number of hydrogen-bond acceptors (Lipinski definition) is 4. The van der Waals surface area contributed by atoms with Crippen LogP contribution in [0.15, 0.2) is 42.0 Å². The first-order valence-corrected chi connectivity index (χ1v) is 6.75. The van der Waals surface area contributed by atoms with E-state index in [9.17, 15) is 4.79 Å². The molecular weight excluding hydrogens is 282 g/mol. The van der Waals surface area contributed by atoms with Crippen molar-refractivity contribution >= 4 is 28.7 Å². The standard InChI is InChI=1S/C13H8ClN3OS/c14-9-3-1-8(2-4-9)11(18)10-5-6-19-12(10)13-15-7-16-17-13/h1-7H,(H,15,16,17). The molecule has 3 rings (SSSR count). The molecule has 0 saturated carbocycles. The van der Waals surface area contributed by atoms with E-state index in [1.54, 1.807) is 30.3 Å². The van der Waals surface area contributed by atoms with Gasteiger partial charge in [0.25, 0.3) is 0 Å². The molecule has 94 valence electrons. The van der Waals surface area contributed by atoms with E-state index in [2.05, 4.69) is 15.2 Å². The van der Waals surface area contributed by atoms with E-state index in [1.165, 1.54) is 17.7 Å². The number of thiophene rings is 1. The average molecular weight is 290 g/mol.